The number of fused-ring (bicyclic) bond motifs is 2. The van der Waals surface area contributed by atoms with Crippen molar-refractivity contribution in [2.45, 2.75) is 20.0 Å². The van der Waals surface area contributed by atoms with Crippen LogP contribution in [0.3, 0.4) is 0 Å². The van der Waals surface area contributed by atoms with Crippen LogP contribution in [0.2, 0.25) is 0 Å². The Kier molecular flexibility index (Phi) is 5.83. The zero-order valence-corrected chi connectivity index (χ0v) is 16.0. The molecule has 0 fully saturated rings. The molecule has 29 heavy (non-hydrogen) atoms. The Balaban J connectivity index is 1.75. The SMILES string of the molecule is C/C=C/C=C/C(=O)O[C@@H](C)C(=O)Nc1ccc2c(c1)C(=O)c1ccccc1C2=O. The van der Waals surface area contributed by atoms with E-state index in [2.05, 4.69) is 5.32 Å². The van der Waals surface area contributed by atoms with Crippen molar-refractivity contribution >= 4 is 29.1 Å². The number of amides is 1. The molecule has 0 spiro atoms. The van der Waals surface area contributed by atoms with Gasteiger partial charge in [-0.25, -0.2) is 4.79 Å². The van der Waals surface area contributed by atoms with Crippen LogP contribution in [-0.4, -0.2) is 29.5 Å². The van der Waals surface area contributed by atoms with Gasteiger partial charge in [-0.3, -0.25) is 14.4 Å². The fourth-order valence-electron chi connectivity index (χ4n) is 2.93. The Bertz CT molecular complexity index is 1060. The molecule has 1 N–H and O–H groups in total. The number of nitrogens with one attached hydrogen (secondary N) is 1. The number of carbonyl (C=O) groups is 4. The molecule has 1 atom stereocenters. The minimum absolute atomic E-state index is 0.227. The summed E-state index contributed by atoms with van der Waals surface area (Å²) in [5, 5.41) is 2.61. The van der Waals surface area contributed by atoms with Gasteiger partial charge in [0.05, 0.1) is 0 Å². The van der Waals surface area contributed by atoms with Crippen LogP contribution in [0.1, 0.15) is 45.7 Å². The molecule has 0 saturated carbocycles. The molecular weight excluding hydrogens is 370 g/mol. The molecule has 1 aliphatic rings. The second-order valence-corrected chi connectivity index (χ2v) is 6.42. The van der Waals surface area contributed by atoms with Gasteiger partial charge in [-0.15, -0.1) is 0 Å². The molecule has 0 bridgehead atoms. The summed E-state index contributed by atoms with van der Waals surface area (Å²) in [7, 11) is 0. The predicted octanol–water partition coefficient (Wildman–Crippen LogP) is 3.46. The molecule has 0 radical (unpaired) electrons. The highest BCUT2D eigenvalue weighted by molar-refractivity contribution is 6.28. The lowest BCUT2D eigenvalue weighted by Gasteiger charge is -2.18. The van der Waals surface area contributed by atoms with E-state index in [9.17, 15) is 19.2 Å². The van der Waals surface area contributed by atoms with Gasteiger partial charge < -0.3 is 10.1 Å². The third-order valence-corrected chi connectivity index (χ3v) is 4.39. The van der Waals surface area contributed by atoms with Crippen LogP contribution >= 0.6 is 0 Å². The number of ether oxygens (including phenoxy) is 1. The number of allylic oxidation sites excluding steroid dienone is 3. The maximum atomic E-state index is 12.7. The van der Waals surface area contributed by atoms with Gasteiger partial charge in [0.25, 0.3) is 5.91 Å². The van der Waals surface area contributed by atoms with Crippen LogP contribution in [0.5, 0.6) is 0 Å². The van der Waals surface area contributed by atoms with Crippen LogP contribution in [0.25, 0.3) is 0 Å². The molecule has 0 heterocycles. The van der Waals surface area contributed by atoms with E-state index in [0.29, 0.717) is 22.4 Å². The summed E-state index contributed by atoms with van der Waals surface area (Å²) < 4.78 is 5.04. The van der Waals surface area contributed by atoms with Crippen LogP contribution < -0.4 is 5.32 Å². The van der Waals surface area contributed by atoms with E-state index in [1.54, 1.807) is 43.3 Å². The minimum Gasteiger partial charge on any atom is -0.449 e. The van der Waals surface area contributed by atoms with Crippen molar-refractivity contribution in [2.24, 2.45) is 0 Å². The van der Waals surface area contributed by atoms with E-state index in [1.807, 2.05) is 0 Å². The maximum absolute atomic E-state index is 12.7. The number of hydrogen-bond donors (Lipinski definition) is 1. The predicted molar refractivity (Wildman–Crippen MR) is 108 cm³/mol. The van der Waals surface area contributed by atoms with E-state index in [-0.39, 0.29) is 17.1 Å². The lowest BCUT2D eigenvalue weighted by Crippen LogP contribution is -2.29. The first-order chi connectivity index (χ1) is 13.9. The number of esters is 1. The molecule has 1 amide bonds. The van der Waals surface area contributed by atoms with Crippen molar-refractivity contribution in [1.29, 1.82) is 0 Å². The third-order valence-electron chi connectivity index (χ3n) is 4.39. The lowest BCUT2D eigenvalue weighted by atomic mass is 9.84. The van der Waals surface area contributed by atoms with Crippen LogP contribution in [0, 0.1) is 0 Å². The van der Waals surface area contributed by atoms with E-state index in [0.717, 1.165) is 0 Å². The van der Waals surface area contributed by atoms with E-state index in [4.69, 9.17) is 4.74 Å². The van der Waals surface area contributed by atoms with E-state index in [1.165, 1.54) is 37.3 Å². The Morgan fingerprint density at radius 3 is 2.21 bits per heavy atom. The topological polar surface area (TPSA) is 89.5 Å². The summed E-state index contributed by atoms with van der Waals surface area (Å²) in [4.78, 5) is 49.3. The second kappa shape index (κ2) is 8.48. The molecule has 0 aromatic heterocycles. The molecule has 1 aliphatic carbocycles. The zero-order valence-electron chi connectivity index (χ0n) is 16.0. The number of carbonyl (C=O) groups excluding carboxylic acids is 4. The van der Waals surface area contributed by atoms with Gasteiger partial charge in [0.1, 0.15) is 0 Å². The highest BCUT2D eigenvalue weighted by Crippen LogP contribution is 2.29. The summed E-state index contributed by atoms with van der Waals surface area (Å²) >= 11 is 0. The summed E-state index contributed by atoms with van der Waals surface area (Å²) in [5.74, 6) is -1.70. The number of hydrogen-bond acceptors (Lipinski definition) is 5. The van der Waals surface area contributed by atoms with Crippen LogP contribution in [0.15, 0.2) is 66.8 Å². The first-order valence-corrected chi connectivity index (χ1v) is 9.05. The first-order valence-electron chi connectivity index (χ1n) is 9.05. The minimum atomic E-state index is -1.04. The van der Waals surface area contributed by atoms with Gasteiger partial charge in [-0.1, -0.05) is 42.5 Å². The average Bonchev–Trinajstić information content (AvgIpc) is 2.72. The zero-order chi connectivity index (χ0) is 21.0. The smallest absolute Gasteiger partial charge is 0.331 e. The molecule has 0 aliphatic heterocycles. The Morgan fingerprint density at radius 1 is 0.931 bits per heavy atom. The van der Waals surface area contributed by atoms with Gasteiger partial charge in [0, 0.05) is 34.0 Å². The molecule has 2 aromatic carbocycles. The summed E-state index contributed by atoms with van der Waals surface area (Å²) in [6.45, 7) is 3.25. The molecule has 2 aromatic rings. The fourth-order valence-corrected chi connectivity index (χ4v) is 2.93. The molecule has 146 valence electrons. The first kappa shape index (κ1) is 19.9. The summed E-state index contributed by atoms with van der Waals surface area (Å²) in [6, 6.07) is 11.1. The highest BCUT2D eigenvalue weighted by Gasteiger charge is 2.29. The number of anilines is 1. The average molecular weight is 389 g/mol. The van der Waals surface area contributed by atoms with E-state index >= 15 is 0 Å². The second-order valence-electron chi connectivity index (χ2n) is 6.42. The molecule has 3 rings (SSSR count). The van der Waals surface area contributed by atoms with Crippen LogP contribution in [0.4, 0.5) is 5.69 Å². The number of rotatable bonds is 5. The Morgan fingerprint density at radius 2 is 1.55 bits per heavy atom. The van der Waals surface area contributed by atoms with Gasteiger partial charge in [-0.05, 0) is 32.0 Å². The van der Waals surface area contributed by atoms with Crippen molar-refractivity contribution < 1.29 is 23.9 Å². The van der Waals surface area contributed by atoms with Gasteiger partial charge in [-0.2, -0.15) is 0 Å². The Hall–Kier alpha value is -3.80. The fraction of sp³-hybridized carbons (Fsp3) is 0.130. The van der Waals surface area contributed by atoms with E-state index < -0.39 is 18.0 Å². The number of ketones is 2. The molecular formula is C23H19NO5. The molecule has 0 unspecified atom stereocenters. The quantitative estimate of drug-likeness (QED) is 0.410. The van der Waals surface area contributed by atoms with Crippen molar-refractivity contribution in [3.05, 3.63) is 89.0 Å². The van der Waals surface area contributed by atoms with Crippen molar-refractivity contribution in [2.75, 3.05) is 5.32 Å². The maximum Gasteiger partial charge on any atom is 0.331 e. The summed E-state index contributed by atoms with van der Waals surface area (Å²) in [5.41, 5.74) is 1.56. The van der Waals surface area contributed by atoms with Gasteiger partial charge >= 0.3 is 5.97 Å². The van der Waals surface area contributed by atoms with Crippen molar-refractivity contribution in [1.82, 2.24) is 0 Å². The molecule has 6 heteroatoms. The van der Waals surface area contributed by atoms with Crippen LogP contribution in [-0.2, 0) is 14.3 Å². The monoisotopic (exact) mass is 389 g/mol. The van der Waals surface area contributed by atoms with Crippen molar-refractivity contribution in [3.63, 3.8) is 0 Å². The van der Waals surface area contributed by atoms with Crippen molar-refractivity contribution in [3.8, 4) is 0 Å². The Labute approximate surface area is 167 Å². The molecule has 6 nitrogen and oxygen atoms in total. The normalized spacial score (nSPS) is 13.9. The largest absolute Gasteiger partial charge is 0.449 e. The van der Waals surface area contributed by atoms with Gasteiger partial charge in [0.2, 0.25) is 0 Å². The lowest BCUT2D eigenvalue weighted by molar-refractivity contribution is -0.148. The standard InChI is InChI=1S/C23H19NO5/c1-3-4-5-10-20(25)29-14(2)23(28)24-15-11-12-18-19(13-15)22(27)17-9-7-6-8-16(17)21(18)26/h3-14H,1-2H3,(H,24,28)/b4-3+,10-5+/t14-/m0/s1. The third kappa shape index (κ3) is 4.21. The summed E-state index contributed by atoms with van der Waals surface area (Å²) in [6.07, 6.45) is 5.10. The van der Waals surface area contributed by atoms with Gasteiger partial charge in [0.15, 0.2) is 17.7 Å². The highest BCUT2D eigenvalue weighted by atomic mass is 16.5. The molecule has 0 saturated heterocycles. The number of benzene rings is 2.